The summed E-state index contributed by atoms with van der Waals surface area (Å²) in [6.45, 7) is 0. The number of nitriles is 2. The molecule has 1 unspecified atom stereocenters. The first-order valence-electron chi connectivity index (χ1n) is 7.32. The second-order valence-corrected chi connectivity index (χ2v) is 6.23. The Morgan fingerprint density at radius 3 is 2.13 bits per heavy atom. The molecular weight excluding hydrogens is 563 g/mol. The zero-order valence-electron chi connectivity index (χ0n) is 14.9. The Hall–Kier alpha value is -2.71. The third-order valence-corrected chi connectivity index (χ3v) is 3.73. The highest BCUT2D eigenvalue weighted by molar-refractivity contribution is 9.11. The van der Waals surface area contributed by atoms with Crippen molar-refractivity contribution in [3.8, 4) is 17.9 Å². The zero-order chi connectivity index (χ0) is 22.2. The number of aromatic hydroxyl groups is 1. The van der Waals surface area contributed by atoms with Gasteiger partial charge in [0.15, 0.2) is 29.3 Å². The van der Waals surface area contributed by atoms with Gasteiger partial charge in [0.05, 0.1) is 17.0 Å². The Kier molecular flexibility index (Phi) is 20.5. The van der Waals surface area contributed by atoms with Gasteiger partial charge in [-0.25, -0.2) is 4.98 Å². The van der Waals surface area contributed by atoms with Crippen LogP contribution in [0.3, 0.4) is 0 Å². The van der Waals surface area contributed by atoms with Crippen LogP contribution in [0.25, 0.3) is 0 Å². The largest absolute Gasteiger partial charge is 1.00 e. The van der Waals surface area contributed by atoms with E-state index in [0.717, 1.165) is 0 Å². The van der Waals surface area contributed by atoms with Crippen molar-refractivity contribution in [2.75, 3.05) is 0 Å². The van der Waals surface area contributed by atoms with Crippen LogP contribution in [-0.2, 0) is 0 Å². The number of hydrogen-bond acceptors (Lipinski definition) is 9. The van der Waals surface area contributed by atoms with Gasteiger partial charge < -0.3 is 32.1 Å². The maximum atomic E-state index is 9.77. The first kappa shape index (κ1) is 32.9. The molecule has 0 amide bonds. The summed E-state index contributed by atoms with van der Waals surface area (Å²) in [4.78, 5) is 13.5. The van der Waals surface area contributed by atoms with Gasteiger partial charge in [-0.2, -0.15) is 10.5 Å². The number of hydrogen-bond donors (Lipinski definition) is 4. The van der Waals surface area contributed by atoms with Crippen LogP contribution >= 0.6 is 31.9 Å². The number of quaternary nitrogens is 1. The van der Waals surface area contributed by atoms with Gasteiger partial charge in [0.25, 0.3) is 0 Å². The second-order valence-electron chi connectivity index (χ2n) is 4.57. The molecular formula is C18H19Br2ClN4O6. The molecule has 0 aliphatic carbocycles. The lowest BCUT2D eigenvalue weighted by atomic mass is 10.3. The summed E-state index contributed by atoms with van der Waals surface area (Å²) in [6.07, 6.45) is 3.66. The minimum Gasteiger partial charge on any atom is -1.00 e. The van der Waals surface area contributed by atoms with Gasteiger partial charge in [-0.05, 0) is 62.2 Å². The normalized spacial score (nSPS) is 9.00. The van der Waals surface area contributed by atoms with E-state index in [0.29, 0.717) is 26.9 Å². The Bertz CT molecular complexity index is 941. The third kappa shape index (κ3) is 12.6. The van der Waals surface area contributed by atoms with Crippen molar-refractivity contribution in [1.82, 2.24) is 4.98 Å². The highest BCUT2D eigenvalue weighted by Crippen LogP contribution is 2.28. The predicted molar refractivity (Wildman–Crippen MR) is 112 cm³/mol. The molecule has 31 heavy (non-hydrogen) atoms. The fourth-order valence-electron chi connectivity index (χ4n) is 1.47. The minimum absolute atomic E-state index is 0. The van der Waals surface area contributed by atoms with Crippen molar-refractivity contribution in [1.29, 1.82) is 10.5 Å². The van der Waals surface area contributed by atoms with Crippen molar-refractivity contribution < 1.29 is 47.4 Å². The molecule has 3 aromatic heterocycles. The summed E-state index contributed by atoms with van der Waals surface area (Å²) >= 11 is 6.15. The maximum absolute atomic E-state index is 9.77. The van der Waals surface area contributed by atoms with Crippen LogP contribution in [0, 0.1) is 22.7 Å². The van der Waals surface area contributed by atoms with E-state index in [1.165, 1.54) is 12.5 Å². The van der Waals surface area contributed by atoms with Gasteiger partial charge in [0.2, 0.25) is 6.04 Å². The van der Waals surface area contributed by atoms with Crippen molar-refractivity contribution in [2.24, 2.45) is 0 Å². The second kappa shape index (κ2) is 19.3. The summed E-state index contributed by atoms with van der Waals surface area (Å²) in [5.74, 6) is 0.869. The molecule has 0 saturated carbocycles. The molecule has 0 aromatic carbocycles. The lowest BCUT2D eigenvalue weighted by molar-refractivity contribution is -0.409. The number of carbonyl (C=O) groups excluding carboxylic acids is 1. The molecule has 0 fully saturated rings. The lowest BCUT2D eigenvalue weighted by Crippen LogP contribution is -3.00. The number of aldehydes is 1. The first-order valence-corrected chi connectivity index (χ1v) is 8.91. The van der Waals surface area contributed by atoms with E-state index in [9.17, 15) is 4.79 Å². The predicted octanol–water partition coefficient (Wildman–Crippen LogP) is 1.02. The molecule has 10 nitrogen and oxygen atoms in total. The van der Waals surface area contributed by atoms with Gasteiger partial charge in [-0.15, -0.1) is 0 Å². The Balaban J connectivity index is -0.000000360. The number of furan rings is 2. The van der Waals surface area contributed by atoms with E-state index in [1.54, 1.807) is 36.4 Å². The molecule has 6 N–H and O–H groups in total. The van der Waals surface area contributed by atoms with Gasteiger partial charge in [0.1, 0.15) is 16.7 Å². The molecule has 0 bridgehead atoms. The molecule has 0 aliphatic heterocycles. The number of nitrogens with zero attached hydrogens (tertiary/aromatic N) is 3. The molecule has 0 saturated heterocycles. The molecule has 3 aromatic rings. The fourth-order valence-corrected chi connectivity index (χ4v) is 2.59. The van der Waals surface area contributed by atoms with Gasteiger partial charge in [-0.3, -0.25) is 15.3 Å². The summed E-state index contributed by atoms with van der Waals surface area (Å²) in [5.41, 5.74) is 3.55. The van der Waals surface area contributed by atoms with Gasteiger partial charge >= 0.3 is 0 Å². The summed E-state index contributed by atoms with van der Waals surface area (Å²) in [5, 5.41) is 38.0. The highest BCUT2D eigenvalue weighted by atomic mass is 79.9. The van der Waals surface area contributed by atoms with E-state index in [1.807, 2.05) is 6.07 Å². The van der Waals surface area contributed by atoms with E-state index in [-0.39, 0.29) is 37.3 Å². The van der Waals surface area contributed by atoms with Crippen molar-refractivity contribution in [3.63, 3.8) is 0 Å². The van der Waals surface area contributed by atoms with Crippen molar-refractivity contribution in [2.45, 2.75) is 13.5 Å². The monoisotopic (exact) mass is 580 g/mol. The van der Waals surface area contributed by atoms with Crippen LogP contribution in [0.15, 0.2) is 60.8 Å². The number of halogens is 3. The first-order chi connectivity index (χ1) is 13.9. The van der Waals surface area contributed by atoms with E-state index in [4.69, 9.17) is 30.6 Å². The number of pyridine rings is 1. The average Bonchev–Trinajstić information content (AvgIpc) is 3.46. The molecule has 3 heterocycles. The van der Waals surface area contributed by atoms with Crippen LogP contribution in [0.2, 0.25) is 0 Å². The lowest BCUT2D eigenvalue weighted by Gasteiger charge is -1.97. The smallest absolute Gasteiger partial charge is 0.229 e. The van der Waals surface area contributed by atoms with E-state index < -0.39 is 0 Å². The zero-order valence-corrected chi connectivity index (χ0v) is 18.9. The standard InChI is InChI=1S/C6H2Br2N2O.C6H6N2O.C5H4O2.CH4.ClH.H2O2/c7-3-1-5(8)10-4(2-9)6(3)11;7-4-5(8)6-2-1-3-9-6;6-4-5-2-1-3-7-5;;;1-2/h1,11H;1-3,5H,8H2;1-4H;1H4;1H;1-2H. The number of aromatic nitrogens is 1. The minimum atomic E-state index is -0.375. The van der Waals surface area contributed by atoms with Crippen LogP contribution in [0.4, 0.5) is 0 Å². The van der Waals surface area contributed by atoms with Crippen molar-refractivity contribution >= 4 is 38.1 Å². The fraction of sp³-hybridized carbons (Fsp3) is 0.111. The Labute approximate surface area is 201 Å². The number of carbonyl (C=O) groups is 1. The highest BCUT2D eigenvalue weighted by Gasteiger charge is 2.09. The molecule has 1 atom stereocenters. The van der Waals surface area contributed by atoms with Gasteiger partial charge in [0, 0.05) is 0 Å². The third-order valence-electron chi connectivity index (χ3n) is 2.72. The molecule has 0 spiro atoms. The van der Waals surface area contributed by atoms with E-state index >= 15 is 0 Å². The van der Waals surface area contributed by atoms with Crippen molar-refractivity contribution in [3.05, 3.63) is 69.1 Å². The summed E-state index contributed by atoms with van der Waals surface area (Å²) in [7, 11) is 0. The van der Waals surface area contributed by atoms with Crippen LogP contribution in [0.5, 0.6) is 5.75 Å². The quantitative estimate of drug-likeness (QED) is 0.148. The molecule has 13 heteroatoms. The topological polar surface area (TPSA) is 192 Å². The molecule has 168 valence electrons. The Morgan fingerprint density at radius 1 is 1.16 bits per heavy atom. The van der Waals surface area contributed by atoms with Crippen LogP contribution in [-0.4, -0.2) is 26.9 Å². The molecule has 0 aliphatic rings. The van der Waals surface area contributed by atoms with E-state index in [2.05, 4.69) is 47.0 Å². The summed E-state index contributed by atoms with van der Waals surface area (Å²) < 4.78 is 10.5. The summed E-state index contributed by atoms with van der Waals surface area (Å²) in [6, 6.07) is 11.7. The molecule has 3 rings (SSSR count). The van der Waals surface area contributed by atoms with Crippen LogP contribution < -0.4 is 18.1 Å². The maximum Gasteiger partial charge on any atom is 0.229 e. The average molecular weight is 583 g/mol. The SMILES string of the molecule is C.N#CC([NH3+])c1ccco1.N#Cc1nc(Br)cc(Br)c1O.O=Cc1ccco1.OO.[Cl-]. The number of rotatable bonds is 2. The van der Waals surface area contributed by atoms with Gasteiger partial charge in [-0.1, -0.05) is 7.43 Å². The molecule has 0 radical (unpaired) electrons. The Morgan fingerprint density at radius 2 is 1.74 bits per heavy atom. The van der Waals surface area contributed by atoms with Crippen LogP contribution in [0.1, 0.15) is 35.5 Å².